The zero-order valence-electron chi connectivity index (χ0n) is 11.6. The van der Waals surface area contributed by atoms with Crippen LogP contribution < -0.4 is 5.32 Å². The Balaban J connectivity index is 1.66. The number of rotatable bonds is 4. The molecular weight excluding hydrogens is 254 g/mol. The zero-order chi connectivity index (χ0) is 13.2. The Morgan fingerprint density at radius 2 is 2.32 bits per heavy atom. The molecule has 0 aliphatic heterocycles. The van der Waals surface area contributed by atoms with E-state index in [1.807, 2.05) is 0 Å². The van der Waals surface area contributed by atoms with Gasteiger partial charge in [-0.25, -0.2) is 4.98 Å². The number of fused-ring (bicyclic) bond motifs is 1. The van der Waals surface area contributed by atoms with Crippen molar-refractivity contribution in [1.82, 2.24) is 14.7 Å². The van der Waals surface area contributed by atoms with E-state index in [4.69, 9.17) is 0 Å². The molecule has 2 aromatic heterocycles. The van der Waals surface area contributed by atoms with E-state index in [1.165, 1.54) is 30.7 Å². The van der Waals surface area contributed by atoms with Crippen LogP contribution >= 0.6 is 11.3 Å². The van der Waals surface area contributed by atoms with Gasteiger partial charge in [0.1, 0.15) is 0 Å². The molecule has 1 unspecified atom stereocenters. The number of hydrogen-bond acceptors (Lipinski definition) is 3. The number of thiazole rings is 1. The van der Waals surface area contributed by atoms with Gasteiger partial charge in [-0.3, -0.25) is 4.40 Å². The van der Waals surface area contributed by atoms with Crippen LogP contribution in [0.4, 0.5) is 0 Å². The Morgan fingerprint density at radius 3 is 3.11 bits per heavy atom. The van der Waals surface area contributed by atoms with E-state index in [9.17, 15) is 0 Å². The summed E-state index contributed by atoms with van der Waals surface area (Å²) in [7, 11) is 0. The van der Waals surface area contributed by atoms with Crippen LogP contribution in [0.5, 0.6) is 0 Å². The van der Waals surface area contributed by atoms with E-state index >= 15 is 0 Å². The van der Waals surface area contributed by atoms with Gasteiger partial charge >= 0.3 is 0 Å². The van der Waals surface area contributed by atoms with Crippen LogP contribution in [0.25, 0.3) is 4.96 Å². The molecule has 2 aromatic rings. The minimum Gasteiger partial charge on any atom is -0.311 e. The summed E-state index contributed by atoms with van der Waals surface area (Å²) >= 11 is 1.73. The molecule has 3 rings (SSSR count). The number of aryl methyl sites for hydroxylation is 2. The molecule has 1 aliphatic rings. The Hall–Kier alpha value is -1.13. The molecule has 3 nitrogen and oxygen atoms in total. The van der Waals surface area contributed by atoms with Crippen LogP contribution in [-0.2, 0) is 6.54 Å². The van der Waals surface area contributed by atoms with Crippen LogP contribution in [0.3, 0.4) is 0 Å². The molecule has 2 heterocycles. The average Bonchev–Trinajstić information content (AvgIpc) is 2.92. The summed E-state index contributed by atoms with van der Waals surface area (Å²) in [5.74, 6) is 0.803. The van der Waals surface area contributed by atoms with Gasteiger partial charge in [-0.1, -0.05) is 12.2 Å². The highest BCUT2D eigenvalue weighted by molar-refractivity contribution is 7.15. The topological polar surface area (TPSA) is 29.3 Å². The van der Waals surface area contributed by atoms with Gasteiger partial charge in [0.05, 0.1) is 11.4 Å². The van der Waals surface area contributed by atoms with Gasteiger partial charge < -0.3 is 5.32 Å². The third-order valence-electron chi connectivity index (χ3n) is 3.93. The Bertz CT molecular complexity index is 594. The Kier molecular flexibility index (Phi) is 3.71. The predicted molar refractivity (Wildman–Crippen MR) is 80.7 cm³/mol. The van der Waals surface area contributed by atoms with Gasteiger partial charge in [0, 0.05) is 17.6 Å². The van der Waals surface area contributed by atoms with Crippen LogP contribution in [0.15, 0.2) is 17.5 Å². The molecule has 0 bridgehead atoms. The Labute approximate surface area is 118 Å². The second-order valence-corrected chi connectivity index (χ2v) is 6.26. The van der Waals surface area contributed by atoms with Crippen molar-refractivity contribution in [3.05, 3.63) is 34.6 Å². The summed E-state index contributed by atoms with van der Waals surface area (Å²) in [5.41, 5.74) is 3.77. The summed E-state index contributed by atoms with van der Waals surface area (Å²) < 4.78 is 2.29. The quantitative estimate of drug-likeness (QED) is 0.866. The second-order valence-electron chi connectivity index (χ2n) is 5.42. The maximum Gasteiger partial charge on any atom is 0.194 e. The molecule has 0 aromatic carbocycles. The fraction of sp³-hybridized carbons (Fsp3) is 0.533. The first-order valence-corrected chi connectivity index (χ1v) is 7.91. The molecule has 0 amide bonds. The molecule has 4 heteroatoms. The van der Waals surface area contributed by atoms with Gasteiger partial charge in [-0.05, 0) is 45.6 Å². The monoisotopic (exact) mass is 275 g/mol. The lowest BCUT2D eigenvalue weighted by Gasteiger charge is -2.18. The van der Waals surface area contributed by atoms with Crippen LogP contribution in [0, 0.1) is 19.8 Å². The number of nitrogens with zero attached hydrogens (tertiary/aromatic N) is 2. The lowest BCUT2D eigenvalue weighted by molar-refractivity contribution is 0.438. The zero-order valence-corrected chi connectivity index (χ0v) is 12.5. The van der Waals surface area contributed by atoms with Crippen molar-refractivity contribution in [1.29, 1.82) is 0 Å². The maximum atomic E-state index is 4.63. The van der Waals surface area contributed by atoms with Crippen molar-refractivity contribution in [2.45, 2.75) is 39.7 Å². The minimum absolute atomic E-state index is 0.803. The van der Waals surface area contributed by atoms with Crippen LogP contribution in [0.1, 0.15) is 36.3 Å². The molecule has 1 aliphatic carbocycles. The van der Waals surface area contributed by atoms with Crippen molar-refractivity contribution in [2.75, 3.05) is 6.54 Å². The summed E-state index contributed by atoms with van der Waals surface area (Å²) in [5, 5.41) is 5.80. The molecule has 19 heavy (non-hydrogen) atoms. The van der Waals surface area contributed by atoms with E-state index in [1.54, 1.807) is 11.3 Å². The first-order valence-electron chi connectivity index (χ1n) is 7.03. The summed E-state index contributed by atoms with van der Waals surface area (Å²) in [6.45, 7) is 6.30. The molecule has 1 N–H and O–H groups in total. The normalized spacial score (nSPS) is 19.4. The van der Waals surface area contributed by atoms with E-state index in [2.05, 4.69) is 46.1 Å². The average molecular weight is 275 g/mol. The molecular formula is C15H21N3S. The fourth-order valence-corrected chi connectivity index (χ4v) is 3.74. The SMILES string of the molecule is Cc1nc2scc(C)n2c1CNCC1CC=CCC1. The second kappa shape index (κ2) is 5.47. The van der Waals surface area contributed by atoms with Gasteiger partial charge in [0.2, 0.25) is 0 Å². The largest absolute Gasteiger partial charge is 0.311 e. The van der Waals surface area contributed by atoms with E-state index in [0.29, 0.717) is 0 Å². The first kappa shape index (κ1) is 12.9. The highest BCUT2D eigenvalue weighted by Gasteiger charge is 2.13. The lowest BCUT2D eigenvalue weighted by Crippen LogP contribution is -2.24. The van der Waals surface area contributed by atoms with E-state index in [-0.39, 0.29) is 0 Å². The summed E-state index contributed by atoms with van der Waals surface area (Å²) in [6.07, 6.45) is 8.41. The van der Waals surface area contributed by atoms with Gasteiger partial charge in [0.15, 0.2) is 4.96 Å². The number of imidazole rings is 1. The molecule has 1 atom stereocenters. The first-order chi connectivity index (χ1) is 9.25. The number of hydrogen-bond donors (Lipinski definition) is 1. The maximum absolute atomic E-state index is 4.63. The highest BCUT2D eigenvalue weighted by Crippen LogP contribution is 2.21. The van der Waals surface area contributed by atoms with Gasteiger partial charge in [0.25, 0.3) is 0 Å². The number of allylic oxidation sites excluding steroid dienone is 2. The molecule has 0 fully saturated rings. The summed E-state index contributed by atoms with van der Waals surface area (Å²) in [6, 6.07) is 0. The Morgan fingerprint density at radius 1 is 1.42 bits per heavy atom. The molecule has 0 spiro atoms. The van der Waals surface area contributed by atoms with Crippen molar-refractivity contribution >= 4 is 16.3 Å². The van der Waals surface area contributed by atoms with Crippen molar-refractivity contribution in [3.63, 3.8) is 0 Å². The molecule has 0 saturated heterocycles. The smallest absolute Gasteiger partial charge is 0.194 e. The minimum atomic E-state index is 0.803. The van der Waals surface area contributed by atoms with Crippen LogP contribution in [-0.4, -0.2) is 15.9 Å². The van der Waals surface area contributed by atoms with E-state index in [0.717, 1.165) is 29.7 Å². The summed E-state index contributed by atoms with van der Waals surface area (Å²) in [4.78, 5) is 5.75. The molecule has 0 saturated carbocycles. The van der Waals surface area contributed by atoms with Crippen molar-refractivity contribution < 1.29 is 0 Å². The molecule has 0 radical (unpaired) electrons. The third kappa shape index (κ3) is 2.60. The molecule has 102 valence electrons. The number of aromatic nitrogens is 2. The van der Waals surface area contributed by atoms with E-state index < -0.39 is 0 Å². The predicted octanol–water partition coefficient (Wildman–Crippen LogP) is 3.46. The van der Waals surface area contributed by atoms with Crippen molar-refractivity contribution in [2.24, 2.45) is 5.92 Å². The van der Waals surface area contributed by atoms with Crippen molar-refractivity contribution in [3.8, 4) is 0 Å². The fourth-order valence-electron chi connectivity index (χ4n) is 2.81. The number of nitrogens with one attached hydrogen (secondary N) is 1. The lowest BCUT2D eigenvalue weighted by atomic mass is 9.94. The van der Waals surface area contributed by atoms with Gasteiger partial charge in [-0.15, -0.1) is 11.3 Å². The van der Waals surface area contributed by atoms with Gasteiger partial charge in [-0.2, -0.15) is 0 Å². The third-order valence-corrected chi connectivity index (χ3v) is 4.88. The standard InChI is InChI=1S/C15H21N3S/c1-11-10-19-15-17-12(2)14(18(11)15)9-16-8-13-6-4-3-5-7-13/h3-4,10,13,16H,5-9H2,1-2H3. The highest BCUT2D eigenvalue weighted by atomic mass is 32.1. The van der Waals surface area contributed by atoms with Crippen LogP contribution in [0.2, 0.25) is 0 Å².